The number of hydrogen-bond donors (Lipinski definition) is 1. The quantitative estimate of drug-likeness (QED) is 0.856. The molecule has 0 spiro atoms. The second kappa shape index (κ2) is 4.45. The van der Waals surface area contributed by atoms with Gasteiger partial charge in [-0.3, -0.25) is 0 Å². The maximum atomic E-state index is 6.25. The Labute approximate surface area is 93.8 Å². The zero-order valence-corrected chi connectivity index (χ0v) is 9.83. The lowest BCUT2D eigenvalue weighted by Crippen LogP contribution is -2.18. The molecule has 0 bridgehead atoms. The molecule has 1 atom stereocenters. The molecule has 76 valence electrons. The summed E-state index contributed by atoms with van der Waals surface area (Å²) in [6.45, 7) is 0. The summed E-state index contributed by atoms with van der Waals surface area (Å²) in [6.07, 6.45) is 5.31. The Balaban J connectivity index is 2.13. The topological polar surface area (TPSA) is 26.0 Å². The van der Waals surface area contributed by atoms with Crippen LogP contribution in [0.25, 0.3) is 0 Å². The number of rotatable bonds is 2. The molecule has 1 saturated carbocycles. The Morgan fingerprint density at radius 2 is 2.00 bits per heavy atom. The standard InChI is InChI=1S/C12H16BrN/c13-11-7-3-6-10(8-11)12(14)9-4-1-2-5-9/h3,6-9,12H,1-2,4-5,14H2/t12-/m1/s1. The van der Waals surface area contributed by atoms with Gasteiger partial charge in [-0.1, -0.05) is 40.9 Å². The van der Waals surface area contributed by atoms with E-state index in [0.717, 1.165) is 4.47 Å². The van der Waals surface area contributed by atoms with Crippen molar-refractivity contribution in [2.75, 3.05) is 0 Å². The first-order valence-corrected chi connectivity index (χ1v) is 6.08. The van der Waals surface area contributed by atoms with Crippen LogP contribution in [0, 0.1) is 5.92 Å². The van der Waals surface area contributed by atoms with Gasteiger partial charge in [-0.25, -0.2) is 0 Å². The van der Waals surface area contributed by atoms with Crippen LogP contribution in [0.4, 0.5) is 0 Å². The first-order valence-electron chi connectivity index (χ1n) is 5.28. The summed E-state index contributed by atoms with van der Waals surface area (Å²) in [5.74, 6) is 0.698. The smallest absolute Gasteiger partial charge is 0.0323 e. The summed E-state index contributed by atoms with van der Waals surface area (Å²) < 4.78 is 1.13. The van der Waals surface area contributed by atoms with Crippen LogP contribution in [0.2, 0.25) is 0 Å². The largest absolute Gasteiger partial charge is 0.324 e. The Bertz CT molecular complexity index is 305. The van der Waals surface area contributed by atoms with E-state index >= 15 is 0 Å². The van der Waals surface area contributed by atoms with Crippen molar-refractivity contribution in [1.82, 2.24) is 0 Å². The number of benzene rings is 1. The molecule has 1 nitrogen and oxygen atoms in total. The molecule has 0 saturated heterocycles. The monoisotopic (exact) mass is 253 g/mol. The second-order valence-electron chi connectivity index (χ2n) is 4.13. The highest BCUT2D eigenvalue weighted by atomic mass is 79.9. The summed E-state index contributed by atoms with van der Waals surface area (Å²) in [4.78, 5) is 0. The minimum atomic E-state index is 0.231. The zero-order valence-electron chi connectivity index (χ0n) is 8.25. The summed E-state index contributed by atoms with van der Waals surface area (Å²) in [7, 11) is 0. The highest BCUT2D eigenvalue weighted by Crippen LogP contribution is 2.34. The van der Waals surface area contributed by atoms with Crippen molar-refractivity contribution in [3.8, 4) is 0 Å². The van der Waals surface area contributed by atoms with E-state index in [0.29, 0.717) is 5.92 Å². The van der Waals surface area contributed by atoms with E-state index in [1.54, 1.807) is 0 Å². The lowest BCUT2D eigenvalue weighted by atomic mass is 9.93. The average molecular weight is 254 g/mol. The van der Waals surface area contributed by atoms with Crippen LogP contribution in [-0.4, -0.2) is 0 Å². The molecule has 2 N–H and O–H groups in total. The fourth-order valence-corrected chi connectivity index (χ4v) is 2.72. The van der Waals surface area contributed by atoms with Gasteiger partial charge < -0.3 is 5.73 Å². The van der Waals surface area contributed by atoms with Crippen LogP contribution in [0.3, 0.4) is 0 Å². The van der Waals surface area contributed by atoms with Crippen molar-refractivity contribution < 1.29 is 0 Å². The molecule has 1 aromatic carbocycles. The third-order valence-corrected chi connectivity index (χ3v) is 3.63. The van der Waals surface area contributed by atoms with Crippen molar-refractivity contribution in [2.45, 2.75) is 31.7 Å². The van der Waals surface area contributed by atoms with Crippen LogP contribution >= 0.6 is 15.9 Å². The van der Waals surface area contributed by atoms with Crippen LogP contribution in [-0.2, 0) is 0 Å². The third kappa shape index (κ3) is 2.18. The van der Waals surface area contributed by atoms with Gasteiger partial charge in [0.2, 0.25) is 0 Å². The Kier molecular flexibility index (Phi) is 3.24. The zero-order chi connectivity index (χ0) is 9.97. The fraction of sp³-hybridized carbons (Fsp3) is 0.500. The van der Waals surface area contributed by atoms with Gasteiger partial charge >= 0.3 is 0 Å². The number of hydrogen-bond acceptors (Lipinski definition) is 1. The first-order chi connectivity index (χ1) is 6.77. The predicted molar refractivity (Wildman–Crippen MR) is 63.0 cm³/mol. The Hall–Kier alpha value is -0.340. The number of nitrogens with two attached hydrogens (primary N) is 1. The number of halogens is 1. The minimum Gasteiger partial charge on any atom is -0.324 e. The molecule has 0 amide bonds. The Morgan fingerprint density at radius 3 is 2.64 bits per heavy atom. The van der Waals surface area contributed by atoms with Crippen molar-refractivity contribution in [3.05, 3.63) is 34.3 Å². The van der Waals surface area contributed by atoms with E-state index in [4.69, 9.17) is 5.73 Å². The fourth-order valence-electron chi connectivity index (χ4n) is 2.30. The van der Waals surface area contributed by atoms with Gasteiger partial charge in [0, 0.05) is 10.5 Å². The predicted octanol–water partition coefficient (Wildman–Crippen LogP) is 3.64. The first kappa shape index (κ1) is 10.2. The molecular formula is C12H16BrN. The van der Waals surface area contributed by atoms with Gasteiger partial charge in [-0.05, 0) is 36.5 Å². The van der Waals surface area contributed by atoms with Gasteiger partial charge in [-0.2, -0.15) is 0 Å². The molecule has 1 aliphatic rings. The summed E-state index contributed by atoms with van der Waals surface area (Å²) >= 11 is 3.48. The summed E-state index contributed by atoms with van der Waals surface area (Å²) in [6, 6.07) is 8.62. The van der Waals surface area contributed by atoms with Gasteiger partial charge in [0.25, 0.3) is 0 Å². The van der Waals surface area contributed by atoms with Gasteiger partial charge in [-0.15, -0.1) is 0 Å². The highest BCUT2D eigenvalue weighted by molar-refractivity contribution is 9.10. The highest BCUT2D eigenvalue weighted by Gasteiger charge is 2.22. The van der Waals surface area contributed by atoms with Gasteiger partial charge in [0.05, 0.1) is 0 Å². The Morgan fingerprint density at radius 1 is 1.29 bits per heavy atom. The van der Waals surface area contributed by atoms with E-state index in [2.05, 4.69) is 34.1 Å². The van der Waals surface area contributed by atoms with Crippen LogP contribution in [0.15, 0.2) is 28.7 Å². The summed E-state index contributed by atoms with van der Waals surface area (Å²) in [5, 5.41) is 0. The normalized spacial score (nSPS) is 19.9. The van der Waals surface area contributed by atoms with Crippen molar-refractivity contribution >= 4 is 15.9 Å². The van der Waals surface area contributed by atoms with E-state index in [1.165, 1.54) is 31.2 Å². The average Bonchev–Trinajstić information content (AvgIpc) is 2.69. The van der Waals surface area contributed by atoms with E-state index in [-0.39, 0.29) is 6.04 Å². The molecule has 0 aliphatic heterocycles. The van der Waals surface area contributed by atoms with Crippen LogP contribution in [0.1, 0.15) is 37.3 Å². The lowest BCUT2D eigenvalue weighted by molar-refractivity contribution is 0.445. The van der Waals surface area contributed by atoms with Crippen molar-refractivity contribution in [1.29, 1.82) is 0 Å². The molecular weight excluding hydrogens is 238 g/mol. The maximum Gasteiger partial charge on any atom is 0.0323 e. The maximum absolute atomic E-state index is 6.25. The van der Waals surface area contributed by atoms with Crippen molar-refractivity contribution in [2.24, 2.45) is 11.7 Å². The molecule has 2 heteroatoms. The molecule has 1 aliphatic carbocycles. The molecule has 0 radical (unpaired) electrons. The SMILES string of the molecule is N[C@@H](c1cccc(Br)c1)C1CCCC1. The van der Waals surface area contributed by atoms with Gasteiger partial charge in [0.1, 0.15) is 0 Å². The molecule has 1 aromatic rings. The molecule has 14 heavy (non-hydrogen) atoms. The lowest BCUT2D eigenvalue weighted by Gasteiger charge is -2.19. The molecule has 0 heterocycles. The van der Waals surface area contributed by atoms with Crippen LogP contribution in [0.5, 0.6) is 0 Å². The van der Waals surface area contributed by atoms with E-state index in [1.807, 2.05) is 6.07 Å². The molecule has 0 aromatic heterocycles. The second-order valence-corrected chi connectivity index (χ2v) is 5.04. The molecule has 0 unspecified atom stereocenters. The molecule has 1 fully saturated rings. The van der Waals surface area contributed by atoms with Crippen LogP contribution < -0.4 is 5.73 Å². The summed E-state index contributed by atoms with van der Waals surface area (Å²) in [5.41, 5.74) is 7.52. The van der Waals surface area contributed by atoms with Gasteiger partial charge in [0.15, 0.2) is 0 Å². The van der Waals surface area contributed by atoms with Crippen molar-refractivity contribution in [3.63, 3.8) is 0 Å². The third-order valence-electron chi connectivity index (χ3n) is 3.14. The minimum absolute atomic E-state index is 0.231. The van der Waals surface area contributed by atoms with E-state index < -0.39 is 0 Å². The molecule has 2 rings (SSSR count). The van der Waals surface area contributed by atoms with E-state index in [9.17, 15) is 0 Å².